The Kier molecular flexibility index (Phi) is 4.56. The molecule has 1 aromatic rings. The highest BCUT2D eigenvalue weighted by atomic mass is 16.3. The summed E-state index contributed by atoms with van der Waals surface area (Å²) in [5, 5.41) is 13.1. The van der Waals surface area contributed by atoms with Gasteiger partial charge in [-0.3, -0.25) is 4.79 Å². The van der Waals surface area contributed by atoms with E-state index in [-0.39, 0.29) is 5.91 Å². The second-order valence-electron chi connectivity index (χ2n) is 5.31. The average Bonchev–Trinajstić information content (AvgIpc) is 2.85. The van der Waals surface area contributed by atoms with E-state index in [2.05, 4.69) is 5.32 Å². The molecule has 1 amide bonds. The van der Waals surface area contributed by atoms with Crippen LogP contribution in [0.4, 0.5) is 0 Å². The fourth-order valence-electron chi connectivity index (χ4n) is 2.67. The molecule has 4 heteroatoms. The zero-order chi connectivity index (χ0) is 13.7. The fraction of sp³-hybridized carbons (Fsp3) is 0.533. The summed E-state index contributed by atoms with van der Waals surface area (Å²) in [6.45, 7) is 0.858. The van der Waals surface area contributed by atoms with Crippen LogP contribution in [0.25, 0.3) is 0 Å². The Bertz CT molecular complexity index is 440. The van der Waals surface area contributed by atoms with Crippen LogP contribution < -0.4 is 11.1 Å². The van der Waals surface area contributed by atoms with Crippen LogP contribution in [0, 0.1) is 0 Å². The van der Waals surface area contributed by atoms with Crippen LogP contribution in [0.5, 0.6) is 0 Å². The van der Waals surface area contributed by atoms with Crippen molar-refractivity contribution in [3.63, 3.8) is 0 Å². The number of hydrogen-bond donors (Lipinski definition) is 3. The van der Waals surface area contributed by atoms with Gasteiger partial charge < -0.3 is 16.2 Å². The molecule has 19 heavy (non-hydrogen) atoms. The lowest BCUT2D eigenvalue weighted by Gasteiger charge is -2.22. The molecule has 0 bridgehead atoms. The molecule has 1 aliphatic carbocycles. The van der Waals surface area contributed by atoms with Crippen LogP contribution in [0.2, 0.25) is 0 Å². The first-order chi connectivity index (χ1) is 9.14. The zero-order valence-corrected chi connectivity index (χ0v) is 11.2. The number of benzene rings is 1. The Morgan fingerprint density at radius 1 is 1.32 bits per heavy atom. The van der Waals surface area contributed by atoms with Crippen LogP contribution in [-0.4, -0.2) is 29.7 Å². The summed E-state index contributed by atoms with van der Waals surface area (Å²) in [5.74, 6) is -0.121. The van der Waals surface area contributed by atoms with Gasteiger partial charge in [-0.15, -0.1) is 0 Å². The van der Waals surface area contributed by atoms with E-state index in [0.717, 1.165) is 31.2 Å². The minimum atomic E-state index is -0.710. The second-order valence-corrected chi connectivity index (χ2v) is 5.31. The third-order valence-corrected chi connectivity index (χ3v) is 3.79. The maximum absolute atomic E-state index is 12.2. The second kappa shape index (κ2) is 6.17. The maximum atomic E-state index is 12.2. The molecule has 4 N–H and O–H groups in total. The number of carbonyl (C=O) groups excluding carboxylic acids is 1. The van der Waals surface area contributed by atoms with Crippen LogP contribution in [-0.2, 0) is 6.42 Å². The Morgan fingerprint density at radius 2 is 2.00 bits per heavy atom. The Hall–Kier alpha value is -1.39. The lowest BCUT2D eigenvalue weighted by Crippen LogP contribution is -2.41. The van der Waals surface area contributed by atoms with Crippen molar-refractivity contribution in [2.45, 2.75) is 37.7 Å². The molecule has 0 heterocycles. The molecule has 0 spiro atoms. The molecule has 4 nitrogen and oxygen atoms in total. The van der Waals surface area contributed by atoms with E-state index < -0.39 is 5.60 Å². The smallest absolute Gasteiger partial charge is 0.251 e. The van der Waals surface area contributed by atoms with Gasteiger partial charge in [-0.05, 0) is 37.4 Å². The summed E-state index contributed by atoms with van der Waals surface area (Å²) in [5.41, 5.74) is 6.46. The van der Waals surface area contributed by atoms with Crippen LogP contribution in [0.1, 0.15) is 41.6 Å². The van der Waals surface area contributed by atoms with Gasteiger partial charge >= 0.3 is 0 Å². The van der Waals surface area contributed by atoms with Crippen molar-refractivity contribution >= 4 is 5.91 Å². The number of aliphatic hydroxyl groups is 1. The maximum Gasteiger partial charge on any atom is 0.251 e. The normalized spacial score (nSPS) is 17.4. The molecule has 0 saturated heterocycles. The largest absolute Gasteiger partial charge is 0.388 e. The predicted molar refractivity (Wildman–Crippen MR) is 75.0 cm³/mol. The van der Waals surface area contributed by atoms with E-state index in [4.69, 9.17) is 5.73 Å². The van der Waals surface area contributed by atoms with Crippen molar-refractivity contribution in [2.75, 3.05) is 13.1 Å². The first-order valence-corrected chi connectivity index (χ1v) is 6.93. The third kappa shape index (κ3) is 3.55. The molecule has 1 fully saturated rings. The van der Waals surface area contributed by atoms with Gasteiger partial charge in [0.1, 0.15) is 0 Å². The van der Waals surface area contributed by atoms with Gasteiger partial charge in [0, 0.05) is 12.1 Å². The molecule has 0 unspecified atom stereocenters. The van der Waals surface area contributed by atoms with E-state index in [1.54, 1.807) is 6.07 Å². The number of nitrogens with one attached hydrogen (secondary N) is 1. The fourth-order valence-corrected chi connectivity index (χ4v) is 2.67. The van der Waals surface area contributed by atoms with E-state index in [0.29, 0.717) is 25.1 Å². The van der Waals surface area contributed by atoms with E-state index in [1.807, 2.05) is 18.2 Å². The number of hydrogen-bond acceptors (Lipinski definition) is 3. The van der Waals surface area contributed by atoms with Crippen LogP contribution >= 0.6 is 0 Å². The van der Waals surface area contributed by atoms with Crippen molar-refractivity contribution < 1.29 is 9.90 Å². The summed E-state index contributed by atoms with van der Waals surface area (Å²) < 4.78 is 0. The molecule has 1 aliphatic rings. The van der Waals surface area contributed by atoms with Gasteiger partial charge in [0.2, 0.25) is 0 Å². The highest BCUT2D eigenvalue weighted by Gasteiger charge is 2.31. The van der Waals surface area contributed by atoms with Crippen molar-refractivity contribution in [1.29, 1.82) is 0 Å². The van der Waals surface area contributed by atoms with Crippen LogP contribution in [0.15, 0.2) is 24.3 Å². The summed E-state index contributed by atoms with van der Waals surface area (Å²) in [4.78, 5) is 12.2. The Balaban J connectivity index is 1.99. The lowest BCUT2D eigenvalue weighted by atomic mass is 10.0. The standard InChI is InChI=1S/C15H22N2O2/c16-10-7-12-5-1-2-6-13(12)14(18)17-11-15(19)8-3-4-9-15/h1-2,5-6,19H,3-4,7-11,16H2,(H,17,18). The number of rotatable bonds is 5. The first kappa shape index (κ1) is 14.0. The highest BCUT2D eigenvalue weighted by Crippen LogP contribution is 2.28. The highest BCUT2D eigenvalue weighted by molar-refractivity contribution is 5.95. The summed E-state index contributed by atoms with van der Waals surface area (Å²) in [6, 6.07) is 7.48. The third-order valence-electron chi connectivity index (χ3n) is 3.79. The first-order valence-electron chi connectivity index (χ1n) is 6.93. The molecule has 0 aromatic heterocycles. The van der Waals surface area contributed by atoms with E-state index in [1.165, 1.54) is 0 Å². The predicted octanol–water partition coefficient (Wildman–Crippen LogP) is 1.22. The molecule has 1 aromatic carbocycles. The van der Waals surface area contributed by atoms with Crippen molar-refractivity contribution in [2.24, 2.45) is 5.73 Å². The molecule has 1 saturated carbocycles. The minimum Gasteiger partial charge on any atom is -0.388 e. The molecular weight excluding hydrogens is 240 g/mol. The molecule has 0 atom stereocenters. The van der Waals surface area contributed by atoms with E-state index >= 15 is 0 Å². The van der Waals surface area contributed by atoms with Gasteiger partial charge in [-0.2, -0.15) is 0 Å². The molecular formula is C15H22N2O2. The number of carbonyl (C=O) groups is 1. The molecule has 0 radical (unpaired) electrons. The lowest BCUT2D eigenvalue weighted by molar-refractivity contribution is 0.0449. The van der Waals surface area contributed by atoms with Crippen molar-refractivity contribution in [3.05, 3.63) is 35.4 Å². The summed E-state index contributed by atoms with van der Waals surface area (Å²) >= 11 is 0. The van der Waals surface area contributed by atoms with Gasteiger partial charge in [-0.25, -0.2) is 0 Å². The van der Waals surface area contributed by atoms with E-state index in [9.17, 15) is 9.90 Å². The van der Waals surface area contributed by atoms with Crippen LogP contribution in [0.3, 0.4) is 0 Å². The monoisotopic (exact) mass is 262 g/mol. The minimum absolute atomic E-state index is 0.121. The average molecular weight is 262 g/mol. The molecule has 2 rings (SSSR count). The van der Waals surface area contributed by atoms with Crippen molar-refractivity contribution in [1.82, 2.24) is 5.32 Å². The van der Waals surface area contributed by atoms with Gasteiger partial charge in [-0.1, -0.05) is 31.0 Å². The topological polar surface area (TPSA) is 75.4 Å². The van der Waals surface area contributed by atoms with Gasteiger partial charge in [0.05, 0.1) is 5.60 Å². The Morgan fingerprint density at radius 3 is 2.68 bits per heavy atom. The number of amides is 1. The van der Waals surface area contributed by atoms with Gasteiger partial charge in [0.25, 0.3) is 5.91 Å². The van der Waals surface area contributed by atoms with Gasteiger partial charge in [0.15, 0.2) is 0 Å². The SMILES string of the molecule is NCCc1ccccc1C(=O)NCC1(O)CCCC1. The number of nitrogens with two attached hydrogens (primary N) is 1. The quantitative estimate of drug-likeness (QED) is 0.747. The molecule has 104 valence electrons. The van der Waals surface area contributed by atoms with Crippen molar-refractivity contribution in [3.8, 4) is 0 Å². The summed E-state index contributed by atoms with van der Waals surface area (Å²) in [7, 11) is 0. The summed E-state index contributed by atoms with van der Waals surface area (Å²) in [6.07, 6.45) is 4.32. The zero-order valence-electron chi connectivity index (χ0n) is 11.2. The molecule has 0 aliphatic heterocycles. The Labute approximate surface area is 114 Å².